The fraction of sp³-hybridized carbons (Fsp3) is 0.235. The molecule has 118 valence electrons. The second-order valence-electron chi connectivity index (χ2n) is 5.30. The highest BCUT2D eigenvalue weighted by Crippen LogP contribution is 2.36. The zero-order valence-corrected chi connectivity index (χ0v) is 12.6. The summed E-state index contributed by atoms with van der Waals surface area (Å²) < 4.78 is 5.38. The molecule has 0 aromatic heterocycles. The molecule has 0 saturated carbocycles. The van der Waals surface area contributed by atoms with Crippen molar-refractivity contribution >= 4 is 17.3 Å². The Morgan fingerprint density at radius 1 is 1.22 bits per heavy atom. The van der Waals surface area contributed by atoms with Gasteiger partial charge in [0, 0.05) is 19.7 Å². The number of amides is 1. The van der Waals surface area contributed by atoms with Gasteiger partial charge < -0.3 is 9.64 Å². The first kappa shape index (κ1) is 15.2. The van der Waals surface area contributed by atoms with Crippen molar-refractivity contribution in [2.45, 2.75) is 12.5 Å². The molecule has 0 unspecified atom stereocenters. The summed E-state index contributed by atoms with van der Waals surface area (Å²) in [6.07, 6.45) is -0.245. The first-order valence-corrected chi connectivity index (χ1v) is 7.29. The van der Waals surface area contributed by atoms with Gasteiger partial charge in [0.15, 0.2) is 6.10 Å². The van der Waals surface area contributed by atoms with Crippen LogP contribution in [0.2, 0.25) is 0 Å². The van der Waals surface area contributed by atoms with Crippen LogP contribution in [-0.4, -0.2) is 24.5 Å². The number of ether oxygens (including phenoxy) is 1. The molecule has 0 aliphatic carbocycles. The predicted molar refractivity (Wildman–Crippen MR) is 85.3 cm³/mol. The second kappa shape index (κ2) is 6.18. The van der Waals surface area contributed by atoms with Crippen LogP contribution >= 0.6 is 0 Å². The highest BCUT2D eigenvalue weighted by atomic mass is 16.6. The van der Waals surface area contributed by atoms with Crippen LogP contribution in [0.5, 0.6) is 0 Å². The topological polar surface area (TPSA) is 72.7 Å². The Bertz CT molecular complexity index is 746. The molecule has 6 nitrogen and oxygen atoms in total. The van der Waals surface area contributed by atoms with Crippen LogP contribution < -0.4 is 4.90 Å². The summed E-state index contributed by atoms with van der Waals surface area (Å²) in [6.45, 7) is 0.422. The van der Waals surface area contributed by atoms with Gasteiger partial charge in [-0.15, -0.1) is 0 Å². The van der Waals surface area contributed by atoms with E-state index < -0.39 is 11.0 Å². The highest BCUT2D eigenvalue weighted by molar-refractivity contribution is 5.99. The molecule has 0 radical (unpaired) electrons. The van der Waals surface area contributed by atoms with E-state index in [1.807, 2.05) is 30.3 Å². The lowest BCUT2D eigenvalue weighted by Gasteiger charge is -2.23. The van der Waals surface area contributed by atoms with Crippen LogP contribution in [0, 0.1) is 10.1 Å². The second-order valence-corrected chi connectivity index (χ2v) is 5.30. The molecule has 0 spiro atoms. The lowest BCUT2D eigenvalue weighted by atomic mass is 10.1. The number of carbonyl (C=O) groups is 1. The summed E-state index contributed by atoms with van der Waals surface area (Å²) in [5.74, 6) is -0.210. The van der Waals surface area contributed by atoms with Gasteiger partial charge in [0.2, 0.25) is 0 Å². The smallest absolute Gasteiger partial charge is 0.274 e. The fourth-order valence-corrected chi connectivity index (χ4v) is 2.96. The maximum atomic E-state index is 12.9. The largest absolute Gasteiger partial charge is 0.367 e. The molecular weight excluding hydrogens is 296 g/mol. The van der Waals surface area contributed by atoms with Crippen LogP contribution in [0.1, 0.15) is 17.2 Å². The van der Waals surface area contributed by atoms with Gasteiger partial charge in [0.05, 0.1) is 16.2 Å². The van der Waals surface area contributed by atoms with Gasteiger partial charge in [0.1, 0.15) is 0 Å². The van der Waals surface area contributed by atoms with Crippen molar-refractivity contribution in [1.29, 1.82) is 0 Å². The summed E-state index contributed by atoms with van der Waals surface area (Å²) in [7, 11) is 1.49. The molecule has 0 N–H and O–H groups in total. The van der Waals surface area contributed by atoms with Crippen LogP contribution in [0.3, 0.4) is 0 Å². The van der Waals surface area contributed by atoms with Crippen molar-refractivity contribution in [3.05, 3.63) is 69.8 Å². The molecular formula is C17H16N2O4. The normalized spacial score (nSPS) is 14.4. The molecule has 0 saturated heterocycles. The first-order valence-electron chi connectivity index (χ1n) is 7.29. The van der Waals surface area contributed by atoms with E-state index in [0.29, 0.717) is 24.2 Å². The number of nitrogens with zero attached hydrogens (tertiary/aromatic N) is 2. The third-order valence-electron chi connectivity index (χ3n) is 4.03. The van der Waals surface area contributed by atoms with Crippen molar-refractivity contribution in [2.24, 2.45) is 0 Å². The lowest BCUT2D eigenvalue weighted by molar-refractivity contribution is -0.385. The van der Waals surface area contributed by atoms with Crippen molar-refractivity contribution in [3.8, 4) is 0 Å². The monoisotopic (exact) mass is 312 g/mol. The van der Waals surface area contributed by atoms with Crippen molar-refractivity contribution < 1.29 is 14.5 Å². The maximum absolute atomic E-state index is 12.9. The molecule has 3 rings (SSSR count). The SMILES string of the molecule is CO[C@H](C(=O)N1CCc2c1cccc2[N+](=O)[O-])c1ccccc1. The molecule has 1 heterocycles. The van der Waals surface area contributed by atoms with Crippen LogP contribution in [0.15, 0.2) is 48.5 Å². The molecule has 1 atom stereocenters. The quantitative estimate of drug-likeness (QED) is 0.643. The van der Waals surface area contributed by atoms with Gasteiger partial charge in [0.25, 0.3) is 11.6 Å². The first-order chi connectivity index (χ1) is 11.1. The number of hydrogen-bond acceptors (Lipinski definition) is 4. The summed E-state index contributed by atoms with van der Waals surface area (Å²) in [5.41, 5.74) is 2.03. The number of methoxy groups -OCH3 is 1. The van der Waals surface area contributed by atoms with E-state index >= 15 is 0 Å². The van der Waals surface area contributed by atoms with Gasteiger partial charge in [-0.05, 0) is 18.1 Å². The number of rotatable bonds is 4. The van der Waals surface area contributed by atoms with E-state index in [-0.39, 0.29) is 11.6 Å². The molecule has 6 heteroatoms. The average Bonchev–Trinajstić information content (AvgIpc) is 3.00. The van der Waals surface area contributed by atoms with Gasteiger partial charge >= 0.3 is 0 Å². The van der Waals surface area contributed by atoms with Crippen LogP contribution in [0.4, 0.5) is 11.4 Å². The number of hydrogen-bond donors (Lipinski definition) is 0. The van der Waals surface area contributed by atoms with E-state index in [0.717, 1.165) is 5.56 Å². The average molecular weight is 312 g/mol. The molecule has 2 aromatic carbocycles. The van der Waals surface area contributed by atoms with Crippen LogP contribution in [-0.2, 0) is 16.0 Å². The Morgan fingerprint density at radius 2 is 1.96 bits per heavy atom. The molecule has 0 bridgehead atoms. The van der Waals surface area contributed by atoms with Gasteiger partial charge in [-0.2, -0.15) is 0 Å². The number of anilines is 1. The Balaban J connectivity index is 1.94. The van der Waals surface area contributed by atoms with E-state index in [9.17, 15) is 14.9 Å². The summed E-state index contributed by atoms with van der Waals surface area (Å²) in [4.78, 5) is 25.1. The Morgan fingerprint density at radius 3 is 2.61 bits per heavy atom. The minimum atomic E-state index is -0.721. The van der Waals surface area contributed by atoms with Crippen molar-refractivity contribution in [3.63, 3.8) is 0 Å². The van der Waals surface area contributed by atoms with E-state index in [4.69, 9.17) is 4.74 Å². The van der Waals surface area contributed by atoms with Crippen molar-refractivity contribution in [2.75, 3.05) is 18.6 Å². The Kier molecular flexibility index (Phi) is 4.08. The standard InChI is InChI=1S/C17H16N2O4/c1-23-16(12-6-3-2-4-7-12)17(20)18-11-10-13-14(18)8-5-9-15(13)19(21)22/h2-9,16H,10-11H2,1H3/t16-/m0/s1. The predicted octanol–water partition coefficient (Wildman–Crippen LogP) is 2.87. The number of benzene rings is 2. The summed E-state index contributed by atoms with van der Waals surface area (Å²) >= 11 is 0. The molecule has 1 aliphatic heterocycles. The number of nitro groups is 1. The molecule has 23 heavy (non-hydrogen) atoms. The third-order valence-corrected chi connectivity index (χ3v) is 4.03. The summed E-state index contributed by atoms with van der Waals surface area (Å²) in [6, 6.07) is 14.0. The summed E-state index contributed by atoms with van der Waals surface area (Å²) in [5, 5.41) is 11.1. The maximum Gasteiger partial charge on any atom is 0.274 e. The zero-order valence-electron chi connectivity index (χ0n) is 12.6. The third kappa shape index (κ3) is 2.68. The molecule has 0 fully saturated rings. The van der Waals surface area contributed by atoms with Crippen LogP contribution in [0.25, 0.3) is 0 Å². The zero-order chi connectivity index (χ0) is 16.4. The number of nitro benzene ring substituents is 1. The number of fused-ring (bicyclic) bond motifs is 1. The highest BCUT2D eigenvalue weighted by Gasteiger charge is 2.34. The van der Waals surface area contributed by atoms with Gasteiger partial charge in [-0.25, -0.2) is 0 Å². The molecule has 1 amide bonds. The molecule has 1 aliphatic rings. The lowest BCUT2D eigenvalue weighted by Crippen LogP contribution is -2.34. The molecule has 2 aromatic rings. The fourth-order valence-electron chi connectivity index (χ4n) is 2.96. The van der Waals surface area contributed by atoms with E-state index in [1.165, 1.54) is 13.2 Å². The van der Waals surface area contributed by atoms with E-state index in [1.54, 1.807) is 17.0 Å². The Labute approximate surface area is 133 Å². The van der Waals surface area contributed by atoms with Gasteiger partial charge in [-0.1, -0.05) is 36.4 Å². The minimum Gasteiger partial charge on any atom is -0.367 e. The van der Waals surface area contributed by atoms with Gasteiger partial charge in [-0.3, -0.25) is 14.9 Å². The number of carbonyl (C=O) groups excluding carboxylic acids is 1. The van der Waals surface area contributed by atoms with E-state index in [2.05, 4.69) is 0 Å². The van der Waals surface area contributed by atoms with Crippen molar-refractivity contribution in [1.82, 2.24) is 0 Å². The Hall–Kier alpha value is -2.73. The minimum absolute atomic E-state index is 0.0616.